The van der Waals surface area contributed by atoms with Crippen LogP contribution in [0.15, 0.2) is 36.7 Å². The Morgan fingerprint density at radius 2 is 1.44 bits per heavy atom. The molecule has 0 aliphatic rings. The summed E-state index contributed by atoms with van der Waals surface area (Å²) < 4.78 is 16.1. The second kappa shape index (κ2) is 8.17. The van der Waals surface area contributed by atoms with Gasteiger partial charge < -0.3 is 19.5 Å². The summed E-state index contributed by atoms with van der Waals surface area (Å²) in [6, 6.07) is 7.15. The molecule has 0 spiro atoms. The molecule has 0 bridgehead atoms. The number of benzene rings is 1. The fourth-order valence-corrected chi connectivity index (χ4v) is 2.45. The number of nitrogens with zero attached hydrogens (tertiary/aromatic N) is 4. The van der Waals surface area contributed by atoms with Crippen LogP contribution >= 0.6 is 0 Å². The maximum atomic E-state index is 5.38. The summed E-state index contributed by atoms with van der Waals surface area (Å²) in [5.74, 6) is 3.00. The fraction of sp³-hybridized carbons (Fsp3) is 0.222. The molecule has 27 heavy (non-hydrogen) atoms. The highest BCUT2D eigenvalue weighted by Crippen LogP contribution is 2.40. The van der Waals surface area contributed by atoms with Gasteiger partial charge in [-0.25, -0.2) is 15.0 Å². The summed E-state index contributed by atoms with van der Waals surface area (Å²) in [5.41, 5.74) is 1.50. The molecular formula is C18H20N6O3. The zero-order valence-corrected chi connectivity index (χ0v) is 15.5. The van der Waals surface area contributed by atoms with E-state index in [1.807, 2.05) is 13.0 Å². The van der Waals surface area contributed by atoms with Crippen LogP contribution in [-0.4, -0.2) is 41.3 Å². The van der Waals surface area contributed by atoms with Crippen molar-refractivity contribution >= 4 is 23.4 Å². The Morgan fingerprint density at radius 3 is 2.04 bits per heavy atom. The van der Waals surface area contributed by atoms with Gasteiger partial charge in [0.1, 0.15) is 5.82 Å². The third kappa shape index (κ3) is 4.32. The smallest absolute Gasteiger partial charge is 0.231 e. The lowest BCUT2D eigenvalue weighted by molar-refractivity contribution is 0.324. The molecule has 0 atom stereocenters. The van der Waals surface area contributed by atoms with E-state index in [9.17, 15) is 0 Å². The summed E-state index contributed by atoms with van der Waals surface area (Å²) in [6.07, 6.45) is 3.28. The van der Waals surface area contributed by atoms with Crippen LogP contribution in [0.4, 0.5) is 23.4 Å². The highest BCUT2D eigenvalue weighted by Gasteiger charge is 2.14. The van der Waals surface area contributed by atoms with E-state index in [0.717, 1.165) is 11.4 Å². The minimum Gasteiger partial charge on any atom is -0.493 e. The van der Waals surface area contributed by atoms with Crippen molar-refractivity contribution in [2.75, 3.05) is 32.0 Å². The predicted octanol–water partition coefficient (Wildman–Crippen LogP) is 3.09. The molecule has 3 aromatic rings. The molecule has 0 aliphatic heterocycles. The van der Waals surface area contributed by atoms with Gasteiger partial charge >= 0.3 is 0 Å². The molecule has 0 fully saturated rings. The number of hydrogen-bond acceptors (Lipinski definition) is 9. The Balaban J connectivity index is 1.89. The lowest BCUT2D eigenvalue weighted by atomic mass is 10.2. The second-order valence-electron chi connectivity index (χ2n) is 5.45. The van der Waals surface area contributed by atoms with Crippen molar-refractivity contribution in [1.29, 1.82) is 0 Å². The van der Waals surface area contributed by atoms with E-state index >= 15 is 0 Å². The molecule has 9 heteroatoms. The van der Waals surface area contributed by atoms with Crippen molar-refractivity contribution in [2.24, 2.45) is 0 Å². The van der Waals surface area contributed by atoms with E-state index < -0.39 is 0 Å². The molecule has 0 unspecified atom stereocenters. The van der Waals surface area contributed by atoms with Crippen LogP contribution in [0.5, 0.6) is 17.2 Å². The Hall–Kier alpha value is -3.62. The van der Waals surface area contributed by atoms with Gasteiger partial charge in [0, 0.05) is 42.0 Å². The SMILES string of the molecule is COc1cc(Nc2cc(C)nc(Nc3ncccn3)n2)cc(OC)c1OC. The van der Waals surface area contributed by atoms with Crippen molar-refractivity contribution < 1.29 is 14.2 Å². The molecule has 2 N–H and O–H groups in total. The number of methoxy groups -OCH3 is 3. The molecule has 0 radical (unpaired) electrons. The largest absolute Gasteiger partial charge is 0.493 e. The van der Waals surface area contributed by atoms with Gasteiger partial charge in [-0.3, -0.25) is 5.32 Å². The first-order valence-corrected chi connectivity index (χ1v) is 8.09. The van der Waals surface area contributed by atoms with Crippen molar-refractivity contribution in [1.82, 2.24) is 19.9 Å². The highest BCUT2D eigenvalue weighted by atomic mass is 16.5. The average molecular weight is 368 g/mol. The Labute approximate surface area is 156 Å². The molecule has 0 aliphatic carbocycles. The van der Waals surface area contributed by atoms with Crippen molar-refractivity contribution in [3.05, 3.63) is 42.4 Å². The minimum absolute atomic E-state index is 0.385. The number of hydrogen-bond donors (Lipinski definition) is 2. The normalized spacial score (nSPS) is 10.2. The maximum absolute atomic E-state index is 5.38. The van der Waals surface area contributed by atoms with Crippen LogP contribution in [0.25, 0.3) is 0 Å². The van der Waals surface area contributed by atoms with Gasteiger partial charge in [0.2, 0.25) is 17.6 Å². The number of ether oxygens (including phenoxy) is 3. The number of aromatic nitrogens is 4. The first-order chi connectivity index (χ1) is 13.1. The first kappa shape index (κ1) is 18.2. The van der Waals surface area contributed by atoms with Gasteiger partial charge in [0.25, 0.3) is 0 Å². The zero-order valence-electron chi connectivity index (χ0n) is 15.5. The van der Waals surface area contributed by atoms with Gasteiger partial charge in [-0.1, -0.05) is 0 Å². The molecule has 0 saturated heterocycles. The summed E-state index contributed by atoms with van der Waals surface area (Å²) in [6.45, 7) is 1.87. The van der Waals surface area contributed by atoms with Gasteiger partial charge in [0.15, 0.2) is 11.5 Å². The van der Waals surface area contributed by atoms with E-state index in [2.05, 4.69) is 30.6 Å². The van der Waals surface area contributed by atoms with E-state index in [0.29, 0.717) is 35.0 Å². The maximum Gasteiger partial charge on any atom is 0.231 e. The van der Waals surface area contributed by atoms with E-state index in [-0.39, 0.29) is 0 Å². The molecule has 1 aromatic carbocycles. The summed E-state index contributed by atoms with van der Waals surface area (Å²) in [5, 5.41) is 6.20. The average Bonchev–Trinajstić information content (AvgIpc) is 2.67. The number of anilines is 4. The molecule has 0 saturated carbocycles. The van der Waals surface area contributed by atoms with Crippen molar-refractivity contribution in [2.45, 2.75) is 6.92 Å². The fourth-order valence-electron chi connectivity index (χ4n) is 2.45. The third-order valence-corrected chi connectivity index (χ3v) is 3.58. The monoisotopic (exact) mass is 368 g/mol. The van der Waals surface area contributed by atoms with Gasteiger partial charge in [0.05, 0.1) is 21.3 Å². The Kier molecular flexibility index (Phi) is 5.50. The van der Waals surface area contributed by atoms with Crippen LogP contribution in [0.1, 0.15) is 5.69 Å². The number of aryl methyl sites for hydroxylation is 1. The van der Waals surface area contributed by atoms with Gasteiger partial charge in [-0.2, -0.15) is 4.98 Å². The quantitative estimate of drug-likeness (QED) is 0.651. The van der Waals surface area contributed by atoms with Gasteiger partial charge in [-0.15, -0.1) is 0 Å². The van der Waals surface area contributed by atoms with E-state index in [4.69, 9.17) is 14.2 Å². The number of nitrogens with one attached hydrogen (secondary N) is 2. The van der Waals surface area contributed by atoms with Gasteiger partial charge in [-0.05, 0) is 13.0 Å². The summed E-state index contributed by atoms with van der Waals surface area (Å²) in [4.78, 5) is 17.0. The summed E-state index contributed by atoms with van der Waals surface area (Å²) >= 11 is 0. The molecule has 140 valence electrons. The van der Waals surface area contributed by atoms with Crippen LogP contribution in [0.2, 0.25) is 0 Å². The van der Waals surface area contributed by atoms with E-state index in [1.165, 1.54) is 0 Å². The standard InChI is InChI=1S/C18H20N6O3/c1-11-8-15(23-18(21-11)24-17-19-6-5-7-20-17)22-12-9-13(25-2)16(27-4)14(10-12)26-3/h5-10H,1-4H3,(H2,19,20,21,22,23,24). The Morgan fingerprint density at radius 1 is 0.778 bits per heavy atom. The molecule has 2 aromatic heterocycles. The van der Waals surface area contributed by atoms with Crippen molar-refractivity contribution in [3.63, 3.8) is 0 Å². The van der Waals surface area contributed by atoms with Crippen LogP contribution in [0.3, 0.4) is 0 Å². The highest BCUT2D eigenvalue weighted by molar-refractivity contribution is 5.67. The number of rotatable bonds is 7. The van der Waals surface area contributed by atoms with Crippen molar-refractivity contribution in [3.8, 4) is 17.2 Å². The molecular weight excluding hydrogens is 348 g/mol. The zero-order chi connectivity index (χ0) is 19.2. The lowest BCUT2D eigenvalue weighted by Crippen LogP contribution is -2.04. The van der Waals surface area contributed by atoms with Crippen LogP contribution in [0, 0.1) is 6.92 Å². The first-order valence-electron chi connectivity index (χ1n) is 8.09. The Bertz CT molecular complexity index is 895. The molecule has 0 amide bonds. The molecule has 2 heterocycles. The predicted molar refractivity (Wildman–Crippen MR) is 101 cm³/mol. The van der Waals surface area contributed by atoms with E-state index in [1.54, 1.807) is 51.9 Å². The minimum atomic E-state index is 0.385. The van der Waals surface area contributed by atoms with Crippen LogP contribution < -0.4 is 24.8 Å². The lowest BCUT2D eigenvalue weighted by Gasteiger charge is -2.15. The van der Waals surface area contributed by atoms with Crippen LogP contribution in [-0.2, 0) is 0 Å². The third-order valence-electron chi connectivity index (χ3n) is 3.58. The topological polar surface area (TPSA) is 103 Å². The molecule has 9 nitrogen and oxygen atoms in total. The summed E-state index contributed by atoms with van der Waals surface area (Å²) in [7, 11) is 4.69. The second-order valence-corrected chi connectivity index (χ2v) is 5.45. The molecule has 3 rings (SSSR count).